The summed E-state index contributed by atoms with van der Waals surface area (Å²) < 4.78 is 26.0. The highest BCUT2D eigenvalue weighted by Gasteiger charge is 2.19. The molecule has 1 fully saturated rings. The molecule has 138 valence electrons. The maximum atomic E-state index is 14.3. The molecule has 0 radical (unpaired) electrons. The molecule has 3 rings (SSSR count). The number of carbonyl (C=O) groups excluding carboxylic acids is 1. The Kier molecular flexibility index (Phi) is 6.11. The molecule has 1 atom stereocenters. The van der Waals surface area contributed by atoms with Gasteiger partial charge in [0.25, 0.3) is 5.91 Å². The molecule has 0 bridgehead atoms. The summed E-state index contributed by atoms with van der Waals surface area (Å²) in [5, 5.41) is 2.76. The normalized spacial score (nSPS) is 15.1. The van der Waals surface area contributed by atoms with Crippen LogP contribution in [0.5, 0.6) is 0 Å². The van der Waals surface area contributed by atoms with E-state index < -0.39 is 17.0 Å². The lowest BCUT2D eigenvalue weighted by Gasteiger charge is -2.17. The lowest BCUT2D eigenvalue weighted by atomic mass is 10.2. The van der Waals surface area contributed by atoms with Crippen LogP contribution in [0.2, 0.25) is 0 Å². The number of halogens is 1. The molecule has 0 aliphatic carbocycles. The minimum atomic E-state index is -0.989. The number of nitrogens with one attached hydrogen (secondary N) is 1. The number of nitrogens with zero attached hydrogens (tertiary/aromatic N) is 2. The van der Waals surface area contributed by atoms with Crippen LogP contribution >= 0.6 is 0 Å². The zero-order valence-electron chi connectivity index (χ0n) is 14.7. The molecule has 1 aromatic heterocycles. The van der Waals surface area contributed by atoms with Crippen molar-refractivity contribution in [3.63, 3.8) is 0 Å². The van der Waals surface area contributed by atoms with Crippen molar-refractivity contribution in [1.29, 1.82) is 0 Å². The van der Waals surface area contributed by atoms with Crippen molar-refractivity contribution in [2.24, 2.45) is 0 Å². The highest BCUT2D eigenvalue weighted by Crippen LogP contribution is 2.21. The van der Waals surface area contributed by atoms with Crippen LogP contribution < -0.4 is 10.2 Å². The minimum Gasteiger partial charge on any atom is -0.611 e. The molecule has 0 spiro atoms. The van der Waals surface area contributed by atoms with Crippen molar-refractivity contribution in [2.45, 2.75) is 31.2 Å². The summed E-state index contributed by atoms with van der Waals surface area (Å²) in [5.41, 5.74) is 1.09. The van der Waals surface area contributed by atoms with Gasteiger partial charge in [0.2, 0.25) is 0 Å². The summed E-state index contributed by atoms with van der Waals surface area (Å²) in [4.78, 5) is 19.0. The summed E-state index contributed by atoms with van der Waals surface area (Å²) in [6.07, 6.45) is 3.49. The summed E-state index contributed by atoms with van der Waals surface area (Å²) in [6, 6.07) is 8.50. The minimum absolute atomic E-state index is 0.203. The van der Waals surface area contributed by atoms with Crippen LogP contribution in [0, 0.1) is 5.82 Å². The van der Waals surface area contributed by atoms with E-state index in [0.717, 1.165) is 36.4 Å². The van der Waals surface area contributed by atoms with Gasteiger partial charge >= 0.3 is 0 Å². The van der Waals surface area contributed by atoms with E-state index in [1.165, 1.54) is 12.3 Å². The standard InChI is InChI=1S/C19H22FN3O2S/c1-2-26(25)16-7-5-14(6-8-16)12-22-19(24)15-11-17(20)18(21-13-15)23-9-3-4-10-23/h5-8,11,13H,2-4,9-10,12H2,1H3,(H,22,24). The van der Waals surface area contributed by atoms with Gasteiger partial charge in [0, 0.05) is 25.8 Å². The van der Waals surface area contributed by atoms with E-state index in [1.807, 2.05) is 24.0 Å². The van der Waals surface area contributed by atoms with Gasteiger partial charge in [-0.25, -0.2) is 9.37 Å². The first-order valence-corrected chi connectivity index (χ1v) is 10.1. The Bertz CT molecular complexity index is 764. The fourth-order valence-electron chi connectivity index (χ4n) is 2.93. The third kappa shape index (κ3) is 4.34. The largest absolute Gasteiger partial charge is 0.611 e. The first-order chi connectivity index (χ1) is 12.6. The van der Waals surface area contributed by atoms with E-state index in [4.69, 9.17) is 0 Å². The molecule has 2 heterocycles. The van der Waals surface area contributed by atoms with Crippen molar-refractivity contribution < 1.29 is 13.7 Å². The third-order valence-corrected chi connectivity index (χ3v) is 5.71. The predicted molar refractivity (Wildman–Crippen MR) is 100 cm³/mol. The molecular formula is C19H22FN3O2S. The summed E-state index contributed by atoms with van der Waals surface area (Å²) in [5.74, 6) is 0.0531. The molecule has 26 heavy (non-hydrogen) atoms. The van der Waals surface area contributed by atoms with Crippen LogP contribution in [0.3, 0.4) is 0 Å². The number of aromatic nitrogens is 1. The van der Waals surface area contributed by atoms with Crippen molar-refractivity contribution in [3.05, 3.63) is 53.5 Å². The molecule has 7 heteroatoms. The topological polar surface area (TPSA) is 68.3 Å². The molecule has 1 saturated heterocycles. The van der Waals surface area contributed by atoms with Crippen LogP contribution in [-0.4, -0.2) is 34.3 Å². The molecule has 1 aliphatic heterocycles. The van der Waals surface area contributed by atoms with E-state index in [-0.39, 0.29) is 11.5 Å². The fourth-order valence-corrected chi connectivity index (χ4v) is 3.70. The van der Waals surface area contributed by atoms with Crippen molar-refractivity contribution >= 4 is 22.9 Å². The van der Waals surface area contributed by atoms with Crippen molar-refractivity contribution in [3.8, 4) is 0 Å². The number of pyridine rings is 1. The number of carbonyl (C=O) groups is 1. The molecular weight excluding hydrogens is 353 g/mol. The second-order valence-corrected chi connectivity index (χ2v) is 7.92. The van der Waals surface area contributed by atoms with E-state index in [1.54, 1.807) is 12.1 Å². The number of anilines is 1. The highest BCUT2D eigenvalue weighted by molar-refractivity contribution is 7.91. The van der Waals surface area contributed by atoms with Gasteiger partial charge in [0.1, 0.15) is 5.75 Å². The van der Waals surface area contributed by atoms with Gasteiger partial charge in [-0.15, -0.1) is 0 Å². The van der Waals surface area contributed by atoms with Crippen molar-refractivity contribution in [2.75, 3.05) is 23.7 Å². The Morgan fingerprint density at radius 3 is 2.62 bits per heavy atom. The fraction of sp³-hybridized carbons (Fsp3) is 0.368. The number of hydrogen-bond donors (Lipinski definition) is 1. The second kappa shape index (κ2) is 8.51. The molecule has 1 aliphatic rings. The zero-order chi connectivity index (χ0) is 18.5. The first kappa shape index (κ1) is 18.7. The Morgan fingerprint density at radius 2 is 2.00 bits per heavy atom. The molecule has 1 unspecified atom stereocenters. The maximum absolute atomic E-state index is 14.3. The molecule has 1 N–H and O–H groups in total. The average Bonchev–Trinajstić information content (AvgIpc) is 3.20. The van der Waals surface area contributed by atoms with Crippen LogP contribution in [-0.2, 0) is 17.7 Å². The molecule has 1 aromatic carbocycles. The molecule has 2 aromatic rings. The number of benzene rings is 1. The predicted octanol–water partition coefficient (Wildman–Crippen LogP) is 2.88. The Labute approximate surface area is 155 Å². The second-order valence-electron chi connectivity index (χ2n) is 6.18. The average molecular weight is 375 g/mol. The van der Waals surface area contributed by atoms with E-state index in [2.05, 4.69) is 10.3 Å². The van der Waals surface area contributed by atoms with Crippen molar-refractivity contribution in [1.82, 2.24) is 10.3 Å². The molecule has 0 saturated carbocycles. The lowest BCUT2D eigenvalue weighted by molar-refractivity contribution is 0.0950. The van der Waals surface area contributed by atoms with Gasteiger partial charge in [-0.3, -0.25) is 4.79 Å². The van der Waals surface area contributed by atoms with E-state index in [0.29, 0.717) is 18.1 Å². The van der Waals surface area contributed by atoms with E-state index >= 15 is 0 Å². The van der Waals surface area contributed by atoms with Crippen LogP contribution in [0.25, 0.3) is 0 Å². The number of hydrogen-bond acceptors (Lipinski definition) is 4. The number of amides is 1. The summed E-state index contributed by atoms with van der Waals surface area (Å²) in [7, 11) is 0. The quantitative estimate of drug-likeness (QED) is 0.789. The Morgan fingerprint density at radius 1 is 1.31 bits per heavy atom. The van der Waals surface area contributed by atoms with E-state index in [9.17, 15) is 13.7 Å². The van der Waals surface area contributed by atoms with Crippen LogP contribution in [0.15, 0.2) is 41.4 Å². The third-order valence-electron chi connectivity index (χ3n) is 4.39. The number of rotatable bonds is 6. The Balaban J connectivity index is 1.60. The van der Waals surface area contributed by atoms with Gasteiger partial charge in [0.15, 0.2) is 16.5 Å². The van der Waals surface area contributed by atoms with Gasteiger partial charge in [0.05, 0.1) is 5.56 Å². The summed E-state index contributed by atoms with van der Waals surface area (Å²) in [6.45, 7) is 3.78. The Hall–Kier alpha value is -2.12. The molecule has 1 amide bonds. The maximum Gasteiger partial charge on any atom is 0.253 e. The lowest BCUT2D eigenvalue weighted by Crippen LogP contribution is -2.24. The van der Waals surface area contributed by atoms with Crippen LogP contribution in [0.4, 0.5) is 10.2 Å². The highest BCUT2D eigenvalue weighted by atomic mass is 32.2. The molecule has 5 nitrogen and oxygen atoms in total. The van der Waals surface area contributed by atoms with Crippen LogP contribution in [0.1, 0.15) is 35.7 Å². The summed E-state index contributed by atoms with van der Waals surface area (Å²) >= 11 is -0.989. The SMILES string of the molecule is CC[S+]([O-])c1ccc(CNC(=O)c2cnc(N3CCCC3)c(F)c2)cc1. The van der Waals surface area contributed by atoms with Gasteiger partial charge in [-0.2, -0.15) is 0 Å². The van der Waals surface area contributed by atoms with Gasteiger partial charge in [-0.05, 0) is 54.7 Å². The van der Waals surface area contributed by atoms with Gasteiger partial charge < -0.3 is 14.8 Å². The zero-order valence-corrected chi connectivity index (χ0v) is 15.5. The smallest absolute Gasteiger partial charge is 0.253 e. The van der Waals surface area contributed by atoms with Gasteiger partial charge in [-0.1, -0.05) is 12.1 Å². The monoisotopic (exact) mass is 375 g/mol. The first-order valence-electron chi connectivity index (χ1n) is 8.74.